The van der Waals surface area contributed by atoms with Crippen molar-refractivity contribution in [1.82, 2.24) is 0 Å². The van der Waals surface area contributed by atoms with Crippen LogP contribution in [0.3, 0.4) is 0 Å². The normalized spacial score (nSPS) is 11.1. The summed E-state index contributed by atoms with van der Waals surface area (Å²) in [5.41, 5.74) is 0. The number of aldehydes is 1. The van der Waals surface area contributed by atoms with Crippen molar-refractivity contribution in [3.05, 3.63) is 11.8 Å². The smallest absolute Gasteiger partial charge is 0.184 e. The van der Waals surface area contributed by atoms with Crippen LogP contribution in [0.2, 0.25) is 0 Å². The van der Waals surface area contributed by atoms with Crippen molar-refractivity contribution < 1.29 is 9.53 Å². The fourth-order valence-electron chi connectivity index (χ4n) is 0.466. The molecule has 0 amide bonds. The van der Waals surface area contributed by atoms with Gasteiger partial charge in [0.1, 0.15) is 0 Å². The quantitative estimate of drug-likeness (QED) is 0.326. The maximum Gasteiger partial charge on any atom is 0.184 e. The van der Waals surface area contributed by atoms with Gasteiger partial charge in [0.2, 0.25) is 0 Å². The first kappa shape index (κ1) is 8.21. The monoisotopic (exact) mass is 128 g/mol. The van der Waals surface area contributed by atoms with Crippen LogP contribution in [0.5, 0.6) is 0 Å². The van der Waals surface area contributed by atoms with E-state index in [1.807, 2.05) is 0 Å². The van der Waals surface area contributed by atoms with E-state index < -0.39 is 0 Å². The molecule has 0 heterocycles. The Kier molecular flexibility index (Phi) is 4.88. The summed E-state index contributed by atoms with van der Waals surface area (Å²) in [6, 6.07) is 0. The molecule has 0 saturated carbocycles. The Hall–Kier alpha value is -0.790. The van der Waals surface area contributed by atoms with Gasteiger partial charge < -0.3 is 4.74 Å². The lowest BCUT2D eigenvalue weighted by atomic mass is 10.3. The van der Waals surface area contributed by atoms with Crippen LogP contribution in [-0.4, -0.2) is 13.4 Å². The molecule has 0 aromatic carbocycles. The van der Waals surface area contributed by atoms with E-state index in [9.17, 15) is 4.79 Å². The average molecular weight is 128 g/mol. The fraction of sp³-hybridized carbons (Fsp3) is 0.571. The topological polar surface area (TPSA) is 26.3 Å². The van der Waals surface area contributed by atoms with Gasteiger partial charge in [-0.25, -0.2) is 0 Å². The van der Waals surface area contributed by atoms with E-state index in [2.05, 4.69) is 6.92 Å². The number of ether oxygens (including phenoxy) is 1. The van der Waals surface area contributed by atoms with E-state index in [1.165, 1.54) is 7.11 Å². The Bertz CT molecular complexity index is 105. The van der Waals surface area contributed by atoms with Gasteiger partial charge in [-0.3, -0.25) is 4.79 Å². The van der Waals surface area contributed by atoms with E-state index in [4.69, 9.17) is 4.74 Å². The fourth-order valence-corrected chi connectivity index (χ4v) is 0.466. The van der Waals surface area contributed by atoms with Crippen molar-refractivity contribution in [2.24, 2.45) is 0 Å². The molecule has 0 aliphatic rings. The number of hydrogen-bond donors (Lipinski definition) is 0. The molecule has 0 aliphatic heterocycles. The number of methoxy groups -OCH3 is 1. The van der Waals surface area contributed by atoms with Crippen molar-refractivity contribution in [1.29, 1.82) is 0 Å². The maximum absolute atomic E-state index is 10.0. The lowest BCUT2D eigenvalue weighted by Crippen LogP contribution is -1.86. The summed E-state index contributed by atoms with van der Waals surface area (Å²) < 4.78 is 4.69. The maximum atomic E-state index is 10.0. The van der Waals surface area contributed by atoms with Crippen molar-refractivity contribution in [3.63, 3.8) is 0 Å². The third-order valence-corrected chi connectivity index (χ3v) is 0.986. The molecule has 52 valence electrons. The van der Waals surface area contributed by atoms with Crippen LogP contribution in [0.15, 0.2) is 11.8 Å². The minimum Gasteiger partial charge on any atom is -0.494 e. The van der Waals surface area contributed by atoms with Crippen LogP contribution in [0.25, 0.3) is 0 Å². The van der Waals surface area contributed by atoms with Crippen LogP contribution < -0.4 is 0 Å². The summed E-state index contributed by atoms with van der Waals surface area (Å²) in [6.07, 6.45) is 4.45. The van der Waals surface area contributed by atoms with Crippen molar-refractivity contribution in [2.75, 3.05) is 7.11 Å². The molecule has 0 bridgehead atoms. The summed E-state index contributed by atoms with van der Waals surface area (Å²) in [5, 5.41) is 0. The minimum atomic E-state index is 0.428. The molecule has 9 heavy (non-hydrogen) atoms. The van der Waals surface area contributed by atoms with Crippen molar-refractivity contribution >= 4 is 6.29 Å². The Morgan fingerprint density at radius 1 is 1.67 bits per heavy atom. The number of carbonyl (C=O) groups is 1. The summed E-state index contributed by atoms with van der Waals surface area (Å²) in [6.45, 7) is 2.05. The van der Waals surface area contributed by atoms with Gasteiger partial charge >= 0.3 is 0 Å². The highest BCUT2D eigenvalue weighted by Gasteiger charge is 1.87. The first-order chi connectivity index (χ1) is 4.35. The van der Waals surface area contributed by atoms with Crippen molar-refractivity contribution in [2.45, 2.75) is 19.8 Å². The first-order valence-electron chi connectivity index (χ1n) is 3.04. The number of allylic oxidation sites excluding steroid dienone is 2. The second-order valence-corrected chi connectivity index (χ2v) is 1.72. The molecule has 0 rings (SSSR count). The second kappa shape index (κ2) is 5.35. The van der Waals surface area contributed by atoms with Crippen LogP contribution >= 0.6 is 0 Å². The highest BCUT2D eigenvalue weighted by atomic mass is 16.5. The van der Waals surface area contributed by atoms with E-state index in [0.29, 0.717) is 5.76 Å². The molecule has 0 saturated heterocycles. The molecule has 2 nitrogen and oxygen atoms in total. The highest BCUT2D eigenvalue weighted by molar-refractivity contribution is 5.69. The Labute approximate surface area is 55.5 Å². The summed E-state index contributed by atoms with van der Waals surface area (Å²) in [4.78, 5) is 10.0. The molecule has 0 aliphatic carbocycles. The highest BCUT2D eigenvalue weighted by Crippen LogP contribution is 1.95. The summed E-state index contributed by atoms with van der Waals surface area (Å²) >= 11 is 0. The molecule has 0 atom stereocenters. The van der Waals surface area contributed by atoms with Crippen LogP contribution in [0, 0.1) is 0 Å². The molecule has 0 aromatic rings. The molecule has 0 fully saturated rings. The largest absolute Gasteiger partial charge is 0.494 e. The molecule has 0 radical (unpaired) electrons. The third kappa shape index (κ3) is 3.76. The number of hydrogen-bond acceptors (Lipinski definition) is 2. The Balaban J connectivity index is 3.61. The van der Waals surface area contributed by atoms with Crippen molar-refractivity contribution in [3.8, 4) is 0 Å². The molecule has 0 aromatic heterocycles. The van der Waals surface area contributed by atoms with E-state index >= 15 is 0 Å². The average Bonchev–Trinajstić information content (AvgIpc) is 1.91. The van der Waals surface area contributed by atoms with Gasteiger partial charge in [0.05, 0.1) is 7.11 Å². The number of rotatable bonds is 4. The molecule has 0 N–H and O–H groups in total. The minimum absolute atomic E-state index is 0.428. The molecule has 2 heteroatoms. The zero-order valence-electron chi connectivity index (χ0n) is 5.89. The van der Waals surface area contributed by atoms with Gasteiger partial charge in [-0.05, 0) is 12.5 Å². The standard InChI is InChI=1S/C7H12O2/c1-3-4-5-7(6-8)9-2/h5-6H,3-4H2,1-2H3/b7-5+. The van der Waals surface area contributed by atoms with Gasteiger partial charge in [-0.15, -0.1) is 0 Å². The molecular formula is C7H12O2. The number of carbonyl (C=O) groups excluding carboxylic acids is 1. The predicted octanol–water partition coefficient (Wildman–Crippen LogP) is 1.52. The summed E-state index contributed by atoms with van der Waals surface area (Å²) in [7, 11) is 1.50. The molecule has 0 spiro atoms. The summed E-state index contributed by atoms with van der Waals surface area (Å²) in [5.74, 6) is 0.428. The van der Waals surface area contributed by atoms with Gasteiger partial charge in [0, 0.05) is 0 Å². The Morgan fingerprint density at radius 2 is 2.33 bits per heavy atom. The lowest BCUT2D eigenvalue weighted by Gasteiger charge is -1.94. The third-order valence-electron chi connectivity index (χ3n) is 0.986. The van der Waals surface area contributed by atoms with Gasteiger partial charge in [0.25, 0.3) is 0 Å². The van der Waals surface area contributed by atoms with E-state index in [0.717, 1.165) is 19.1 Å². The first-order valence-corrected chi connectivity index (χ1v) is 3.04. The zero-order chi connectivity index (χ0) is 7.11. The lowest BCUT2D eigenvalue weighted by molar-refractivity contribution is -0.107. The predicted molar refractivity (Wildman–Crippen MR) is 36.1 cm³/mol. The van der Waals surface area contributed by atoms with Gasteiger partial charge in [0.15, 0.2) is 12.0 Å². The SMILES string of the molecule is CCC/C=C(\C=O)OC. The van der Waals surface area contributed by atoms with Gasteiger partial charge in [-0.2, -0.15) is 0 Å². The van der Waals surface area contributed by atoms with E-state index in [1.54, 1.807) is 6.08 Å². The van der Waals surface area contributed by atoms with Crippen LogP contribution in [0.1, 0.15) is 19.8 Å². The zero-order valence-corrected chi connectivity index (χ0v) is 5.89. The molecular weight excluding hydrogens is 116 g/mol. The second-order valence-electron chi connectivity index (χ2n) is 1.72. The van der Waals surface area contributed by atoms with Crippen LogP contribution in [0.4, 0.5) is 0 Å². The van der Waals surface area contributed by atoms with E-state index in [-0.39, 0.29) is 0 Å². The van der Waals surface area contributed by atoms with Crippen LogP contribution in [-0.2, 0) is 9.53 Å². The number of unbranched alkanes of at least 4 members (excludes halogenated alkanes) is 1. The Morgan fingerprint density at radius 3 is 2.67 bits per heavy atom. The molecule has 0 unspecified atom stereocenters. The van der Waals surface area contributed by atoms with Gasteiger partial charge in [-0.1, -0.05) is 13.3 Å².